The molecule has 6 heteroatoms. The second kappa shape index (κ2) is 7.97. The summed E-state index contributed by atoms with van der Waals surface area (Å²) in [6.45, 7) is 7.57. The number of halogens is 1. The third kappa shape index (κ3) is 3.94. The van der Waals surface area contributed by atoms with E-state index in [9.17, 15) is 0 Å². The van der Waals surface area contributed by atoms with Crippen molar-refractivity contribution in [3.63, 3.8) is 0 Å². The molecule has 1 saturated carbocycles. The standard InChI is InChI=1S/C16H27N3OS.HI/c1-15(2)13(11-16(15,3)20-5)19-14(17-4)18-9-8-12-7-6-10-21-12;/h6-7,10,13H,8-9,11H2,1-5H3,(H2,17,18,19);1H. The summed E-state index contributed by atoms with van der Waals surface area (Å²) in [5.41, 5.74) is 0.0353. The summed E-state index contributed by atoms with van der Waals surface area (Å²) in [6.07, 6.45) is 2.03. The highest BCUT2D eigenvalue weighted by Crippen LogP contribution is 2.51. The van der Waals surface area contributed by atoms with Crippen molar-refractivity contribution in [1.82, 2.24) is 10.6 Å². The number of hydrogen-bond donors (Lipinski definition) is 2. The lowest BCUT2D eigenvalue weighted by Gasteiger charge is -2.59. The zero-order valence-electron chi connectivity index (χ0n) is 14.1. The first-order chi connectivity index (χ1) is 9.93. The van der Waals surface area contributed by atoms with Crippen LogP contribution in [0.25, 0.3) is 0 Å². The first kappa shape index (κ1) is 19.7. The van der Waals surface area contributed by atoms with Crippen LogP contribution in [0.15, 0.2) is 22.5 Å². The molecule has 2 unspecified atom stereocenters. The SMILES string of the molecule is CN=C(NCCc1cccs1)NC1CC(C)(OC)C1(C)C.I. The quantitative estimate of drug-likeness (QED) is 0.422. The highest BCUT2D eigenvalue weighted by Gasteiger charge is 2.57. The first-order valence-corrected chi connectivity index (χ1v) is 8.35. The number of guanidine groups is 1. The maximum atomic E-state index is 5.67. The van der Waals surface area contributed by atoms with Gasteiger partial charge in [-0.05, 0) is 31.2 Å². The molecule has 1 heterocycles. The average molecular weight is 437 g/mol. The molecule has 0 saturated heterocycles. The number of rotatable bonds is 5. The molecule has 1 aliphatic rings. The lowest BCUT2D eigenvalue weighted by atomic mass is 9.56. The van der Waals surface area contributed by atoms with E-state index in [0.717, 1.165) is 25.3 Å². The van der Waals surface area contributed by atoms with Gasteiger partial charge in [0.25, 0.3) is 0 Å². The molecule has 2 atom stereocenters. The average Bonchev–Trinajstić information content (AvgIpc) is 2.98. The van der Waals surface area contributed by atoms with Crippen LogP contribution in [0.1, 0.15) is 32.1 Å². The van der Waals surface area contributed by atoms with Gasteiger partial charge in [0.05, 0.1) is 5.60 Å². The Bertz CT molecular complexity index is 490. The van der Waals surface area contributed by atoms with Gasteiger partial charge in [0, 0.05) is 37.0 Å². The minimum Gasteiger partial charge on any atom is -0.378 e. The first-order valence-electron chi connectivity index (χ1n) is 7.47. The van der Waals surface area contributed by atoms with E-state index in [1.165, 1.54) is 4.88 Å². The molecular weight excluding hydrogens is 409 g/mol. The Morgan fingerprint density at radius 3 is 2.68 bits per heavy atom. The van der Waals surface area contributed by atoms with Gasteiger partial charge >= 0.3 is 0 Å². The Balaban J connectivity index is 0.00000242. The zero-order valence-corrected chi connectivity index (χ0v) is 17.2. The summed E-state index contributed by atoms with van der Waals surface area (Å²) in [7, 11) is 3.62. The van der Waals surface area contributed by atoms with Gasteiger partial charge < -0.3 is 15.4 Å². The molecule has 0 aromatic carbocycles. The molecule has 22 heavy (non-hydrogen) atoms. The van der Waals surface area contributed by atoms with Gasteiger partial charge in [-0.25, -0.2) is 0 Å². The molecule has 126 valence electrons. The van der Waals surface area contributed by atoms with Gasteiger partial charge in [0.2, 0.25) is 0 Å². The molecule has 1 aromatic heterocycles. The molecule has 1 aliphatic carbocycles. The van der Waals surface area contributed by atoms with Crippen LogP contribution in [0.2, 0.25) is 0 Å². The van der Waals surface area contributed by atoms with Crippen LogP contribution in [0.3, 0.4) is 0 Å². The molecule has 1 aromatic rings. The molecule has 0 bridgehead atoms. The Kier molecular flexibility index (Phi) is 7.14. The predicted octanol–water partition coefficient (Wildman–Crippen LogP) is 3.28. The summed E-state index contributed by atoms with van der Waals surface area (Å²) in [6, 6.07) is 4.65. The van der Waals surface area contributed by atoms with E-state index >= 15 is 0 Å². The van der Waals surface area contributed by atoms with Crippen molar-refractivity contribution in [2.24, 2.45) is 10.4 Å². The number of methoxy groups -OCH3 is 1. The van der Waals surface area contributed by atoms with E-state index in [1.807, 2.05) is 7.05 Å². The summed E-state index contributed by atoms with van der Waals surface area (Å²) >= 11 is 1.80. The summed E-state index contributed by atoms with van der Waals surface area (Å²) in [5, 5.41) is 9.04. The Labute approximate surface area is 155 Å². The van der Waals surface area contributed by atoms with Crippen molar-refractivity contribution >= 4 is 41.3 Å². The van der Waals surface area contributed by atoms with Crippen molar-refractivity contribution in [2.45, 2.75) is 45.3 Å². The van der Waals surface area contributed by atoms with E-state index in [0.29, 0.717) is 6.04 Å². The lowest BCUT2D eigenvalue weighted by molar-refractivity contribution is -0.176. The minimum absolute atomic E-state index is 0. The molecular formula is C16H28IN3OS. The highest BCUT2D eigenvalue weighted by molar-refractivity contribution is 14.0. The van der Waals surface area contributed by atoms with Gasteiger partial charge in [-0.2, -0.15) is 0 Å². The molecule has 1 fully saturated rings. The smallest absolute Gasteiger partial charge is 0.191 e. The second-order valence-electron chi connectivity index (χ2n) is 6.39. The maximum Gasteiger partial charge on any atom is 0.191 e. The van der Waals surface area contributed by atoms with Gasteiger partial charge in [0.15, 0.2) is 5.96 Å². The van der Waals surface area contributed by atoms with Crippen molar-refractivity contribution < 1.29 is 4.74 Å². The van der Waals surface area contributed by atoms with Crippen molar-refractivity contribution in [3.8, 4) is 0 Å². The van der Waals surface area contributed by atoms with Crippen LogP contribution in [-0.4, -0.2) is 38.3 Å². The van der Waals surface area contributed by atoms with E-state index in [-0.39, 0.29) is 35.0 Å². The van der Waals surface area contributed by atoms with Crippen LogP contribution in [0, 0.1) is 5.41 Å². The number of nitrogens with one attached hydrogen (secondary N) is 2. The highest BCUT2D eigenvalue weighted by atomic mass is 127. The fourth-order valence-corrected chi connectivity index (χ4v) is 3.55. The van der Waals surface area contributed by atoms with E-state index in [1.54, 1.807) is 18.4 Å². The Morgan fingerprint density at radius 2 is 2.18 bits per heavy atom. The molecule has 0 radical (unpaired) electrons. The van der Waals surface area contributed by atoms with Crippen molar-refractivity contribution in [1.29, 1.82) is 0 Å². The Hall–Kier alpha value is -0.340. The summed E-state index contributed by atoms with van der Waals surface area (Å²) in [5.74, 6) is 0.878. The minimum atomic E-state index is -0.0551. The largest absolute Gasteiger partial charge is 0.378 e. The van der Waals surface area contributed by atoms with E-state index in [2.05, 4.69) is 53.9 Å². The van der Waals surface area contributed by atoms with Gasteiger partial charge in [-0.3, -0.25) is 4.99 Å². The number of hydrogen-bond acceptors (Lipinski definition) is 3. The third-order valence-electron chi connectivity index (χ3n) is 5.06. The summed E-state index contributed by atoms with van der Waals surface area (Å²) in [4.78, 5) is 5.72. The van der Waals surface area contributed by atoms with Crippen molar-refractivity contribution in [2.75, 3.05) is 20.7 Å². The molecule has 2 N–H and O–H groups in total. The van der Waals surface area contributed by atoms with Crippen LogP contribution in [0.4, 0.5) is 0 Å². The topological polar surface area (TPSA) is 45.7 Å². The van der Waals surface area contributed by atoms with Gasteiger partial charge in [-0.15, -0.1) is 35.3 Å². The van der Waals surface area contributed by atoms with Crippen LogP contribution in [-0.2, 0) is 11.2 Å². The number of aliphatic imine (C=N–C) groups is 1. The van der Waals surface area contributed by atoms with Crippen LogP contribution < -0.4 is 10.6 Å². The molecule has 0 spiro atoms. The predicted molar refractivity (Wildman–Crippen MR) is 106 cm³/mol. The monoisotopic (exact) mass is 437 g/mol. The van der Waals surface area contributed by atoms with Crippen LogP contribution >= 0.6 is 35.3 Å². The normalized spacial score (nSPS) is 26.8. The maximum absolute atomic E-state index is 5.67. The molecule has 2 rings (SSSR count). The number of thiophene rings is 1. The van der Waals surface area contributed by atoms with Crippen molar-refractivity contribution in [3.05, 3.63) is 22.4 Å². The fraction of sp³-hybridized carbons (Fsp3) is 0.688. The van der Waals surface area contributed by atoms with Gasteiger partial charge in [-0.1, -0.05) is 19.9 Å². The lowest BCUT2D eigenvalue weighted by Crippen LogP contribution is -2.69. The fourth-order valence-electron chi connectivity index (χ4n) is 2.84. The Morgan fingerprint density at radius 1 is 1.45 bits per heavy atom. The molecule has 0 amide bonds. The second-order valence-corrected chi connectivity index (χ2v) is 7.42. The van der Waals surface area contributed by atoms with Gasteiger partial charge in [0.1, 0.15) is 0 Å². The van der Waals surface area contributed by atoms with Crippen LogP contribution in [0.5, 0.6) is 0 Å². The summed E-state index contributed by atoms with van der Waals surface area (Å²) < 4.78 is 5.67. The van der Waals surface area contributed by atoms with E-state index < -0.39 is 0 Å². The molecule has 0 aliphatic heterocycles. The third-order valence-corrected chi connectivity index (χ3v) is 5.99. The van der Waals surface area contributed by atoms with E-state index in [4.69, 9.17) is 4.74 Å². The number of nitrogens with zero attached hydrogens (tertiary/aromatic N) is 1. The number of ether oxygens (including phenoxy) is 1. The molecule has 4 nitrogen and oxygen atoms in total. The zero-order chi connectivity index (χ0) is 15.5.